The van der Waals surface area contributed by atoms with E-state index in [0.29, 0.717) is 12.0 Å². The molecule has 202 valence electrons. The highest BCUT2D eigenvalue weighted by Gasteiger charge is 2.81. The van der Waals surface area contributed by atoms with Gasteiger partial charge in [-0.2, -0.15) is 0 Å². The monoisotopic (exact) mass is 522 g/mol. The van der Waals surface area contributed by atoms with Crippen molar-refractivity contribution in [3.05, 3.63) is 48.0 Å². The Bertz CT molecular complexity index is 1090. The van der Waals surface area contributed by atoms with Crippen LogP contribution in [0.4, 0.5) is 0 Å². The van der Waals surface area contributed by atoms with Gasteiger partial charge in [-0.3, -0.25) is 4.79 Å². The molecule has 1 aromatic rings. The number of aliphatic hydroxyl groups is 2. The van der Waals surface area contributed by atoms with Crippen molar-refractivity contribution in [3.63, 3.8) is 0 Å². The van der Waals surface area contributed by atoms with Crippen molar-refractivity contribution in [1.29, 1.82) is 0 Å². The van der Waals surface area contributed by atoms with Crippen LogP contribution in [0.5, 0.6) is 0 Å². The number of rotatable bonds is 11. The molecule has 0 amide bonds. The van der Waals surface area contributed by atoms with Crippen molar-refractivity contribution < 1.29 is 58.9 Å². The summed E-state index contributed by atoms with van der Waals surface area (Å²) in [7, 11) is 0. The minimum atomic E-state index is -3.63. The molecule has 2 fully saturated rings. The lowest BCUT2D eigenvalue weighted by molar-refractivity contribution is -0.365. The Kier molecular flexibility index (Phi) is 7.80. The first kappa shape index (κ1) is 28.3. The lowest BCUT2D eigenvalue weighted by Crippen LogP contribution is -2.77. The third-order valence-electron chi connectivity index (χ3n) is 6.91. The Morgan fingerprint density at radius 1 is 1.14 bits per heavy atom. The van der Waals surface area contributed by atoms with Gasteiger partial charge in [0.25, 0.3) is 0 Å². The highest BCUT2D eigenvalue weighted by atomic mass is 16.8. The first-order valence-corrected chi connectivity index (χ1v) is 11.6. The maximum absolute atomic E-state index is 12.2. The molecule has 0 aliphatic carbocycles. The van der Waals surface area contributed by atoms with Gasteiger partial charge in [-0.15, -0.1) is 0 Å². The predicted molar refractivity (Wildman–Crippen MR) is 123 cm³/mol. The van der Waals surface area contributed by atoms with Crippen LogP contribution in [-0.4, -0.2) is 84.7 Å². The van der Waals surface area contributed by atoms with E-state index in [9.17, 15) is 44.7 Å². The summed E-state index contributed by atoms with van der Waals surface area (Å²) in [5.74, 6) is -9.13. The number of carboxylic acid groups (broad SMARTS) is 3. The molecule has 0 saturated carbocycles. The molecule has 7 atom stereocenters. The Morgan fingerprint density at radius 2 is 1.76 bits per heavy atom. The van der Waals surface area contributed by atoms with Crippen molar-refractivity contribution in [1.82, 2.24) is 0 Å². The van der Waals surface area contributed by atoms with Crippen LogP contribution in [0.25, 0.3) is 0 Å². The number of benzene rings is 1. The number of aliphatic carboxylic acids is 3. The average Bonchev–Trinajstić information content (AvgIpc) is 3.09. The number of carboxylic acids is 3. The molecule has 0 radical (unpaired) electrons. The summed E-state index contributed by atoms with van der Waals surface area (Å²) in [6, 6.07) is 9.42. The minimum Gasteiger partial charge on any atom is -0.479 e. The van der Waals surface area contributed by atoms with Gasteiger partial charge in [-0.1, -0.05) is 43.8 Å². The van der Waals surface area contributed by atoms with Crippen LogP contribution in [-0.2, 0) is 39.8 Å². The molecule has 12 heteroatoms. The molecular weight excluding hydrogens is 492 g/mol. The predicted octanol–water partition coefficient (Wildman–Crippen LogP) is 0.733. The van der Waals surface area contributed by atoms with E-state index in [1.54, 1.807) is 0 Å². The van der Waals surface area contributed by atoms with Gasteiger partial charge >= 0.3 is 23.9 Å². The second-order valence-electron chi connectivity index (χ2n) is 9.54. The second kappa shape index (κ2) is 10.2. The number of esters is 1. The fraction of sp³-hybridized carbons (Fsp3) is 0.520. The molecule has 2 saturated heterocycles. The number of hydrogen-bond acceptors (Lipinski definition) is 9. The molecule has 0 aromatic heterocycles. The van der Waals surface area contributed by atoms with Crippen molar-refractivity contribution in [3.8, 4) is 0 Å². The zero-order valence-corrected chi connectivity index (χ0v) is 20.3. The Hall–Kier alpha value is -3.32. The van der Waals surface area contributed by atoms with Crippen molar-refractivity contribution in [2.24, 2.45) is 5.92 Å². The summed E-state index contributed by atoms with van der Waals surface area (Å²) < 4.78 is 16.3. The second-order valence-corrected chi connectivity index (χ2v) is 9.54. The van der Waals surface area contributed by atoms with E-state index >= 15 is 0 Å². The quantitative estimate of drug-likeness (QED) is 0.202. The summed E-state index contributed by atoms with van der Waals surface area (Å²) in [6.07, 6.45) is -5.87. The zero-order chi connectivity index (χ0) is 27.8. The molecule has 2 bridgehead atoms. The number of fused-ring (bicyclic) bond motifs is 2. The largest absolute Gasteiger partial charge is 0.479 e. The van der Waals surface area contributed by atoms with Crippen LogP contribution in [0.3, 0.4) is 0 Å². The molecule has 2 aliphatic heterocycles. The van der Waals surface area contributed by atoms with Gasteiger partial charge in [0.05, 0.1) is 0 Å². The van der Waals surface area contributed by atoms with Gasteiger partial charge in [0.2, 0.25) is 17.3 Å². The number of hydrogen-bond donors (Lipinski definition) is 5. The number of carbonyl (C=O) groups excluding carboxylic acids is 1. The van der Waals surface area contributed by atoms with Gasteiger partial charge in [0.1, 0.15) is 12.2 Å². The number of ether oxygens (including phenoxy) is 3. The molecule has 37 heavy (non-hydrogen) atoms. The molecule has 5 N–H and O–H groups in total. The van der Waals surface area contributed by atoms with Crippen molar-refractivity contribution in [2.45, 2.75) is 74.8 Å². The number of carbonyl (C=O) groups is 4. The van der Waals surface area contributed by atoms with Crippen LogP contribution in [0, 0.1) is 5.92 Å². The first-order valence-electron chi connectivity index (χ1n) is 11.6. The average molecular weight is 523 g/mol. The SMILES string of the molecule is C=C(CCC12CC(O)C(C(=O)O)(O1)C(O)(C(=O)O)C(C(=O)O)O2)C(OC(C)=O)C(C)Cc1ccccc1. The maximum Gasteiger partial charge on any atom is 0.343 e. The normalized spacial score (nSPS) is 32.2. The van der Waals surface area contributed by atoms with E-state index in [0.717, 1.165) is 5.56 Å². The fourth-order valence-electron chi connectivity index (χ4n) is 5.17. The summed E-state index contributed by atoms with van der Waals surface area (Å²) in [5, 5.41) is 50.5. The van der Waals surface area contributed by atoms with E-state index in [2.05, 4.69) is 6.58 Å². The molecule has 1 aromatic carbocycles. The molecule has 7 unspecified atom stereocenters. The van der Waals surface area contributed by atoms with Crippen LogP contribution >= 0.6 is 0 Å². The molecule has 12 nitrogen and oxygen atoms in total. The lowest BCUT2D eigenvalue weighted by atomic mass is 9.75. The molecule has 3 rings (SSSR count). The van der Waals surface area contributed by atoms with Crippen molar-refractivity contribution >= 4 is 23.9 Å². The summed E-state index contributed by atoms with van der Waals surface area (Å²) in [5.41, 5.74) is -5.48. The zero-order valence-electron chi connectivity index (χ0n) is 20.3. The third kappa shape index (κ3) is 4.85. The maximum atomic E-state index is 12.2. The highest BCUT2D eigenvalue weighted by Crippen LogP contribution is 2.54. The molecule has 0 spiro atoms. The molecule has 2 heterocycles. The first-order chi connectivity index (χ1) is 17.2. The van der Waals surface area contributed by atoms with Crippen LogP contribution < -0.4 is 0 Å². The van der Waals surface area contributed by atoms with Gasteiger partial charge in [-0.05, 0) is 24.0 Å². The van der Waals surface area contributed by atoms with Crippen LogP contribution in [0.2, 0.25) is 0 Å². The van der Waals surface area contributed by atoms with Gasteiger partial charge in [-0.25, -0.2) is 14.4 Å². The van der Waals surface area contributed by atoms with Gasteiger partial charge < -0.3 is 39.7 Å². The Labute approximate surface area is 212 Å². The fourth-order valence-corrected chi connectivity index (χ4v) is 5.17. The summed E-state index contributed by atoms with van der Waals surface area (Å²) in [6.45, 7) is 7.07. The number of aliphatic hydroxyl groups excluding tert-OH is 1. The third-order valence-corrected chi connectivity index (χ3v) is 6.91. The van der Waals surface area contributed by atoms with E-state index in [-0.39, 0.29) is 18.8 Å². The smallest absolute Gasteiger partial charge is 0.343 e. The Morgan fingerprint density at radius 3 is 2.27 bits per heavy atom. The van der Waals surface area contributed by atoms with E-state index in [4.69, 9.17) is 14.2 Å². The highest BCUT2D eigenvalue weighted by molar-refractivity contribution is 5.97. The lowest BCUT2D eigenvalue weighted by Gasteiger charge is -2.48. The Balaban J connectivity index is 1.87. The van der Waals surface area contributed by atoms with E-state index < -0.39 is 65.6 Å². The van der Waals surface area contributed by atoms with Crippen LogP contribution in [0.1, 0.15) is 38.7 Å². The summed E-state index contributed by atoms with van der Waals surface area (Å²) in [4.78, 5) is 47.8. The molecular formula is C25H30O12. The summed E-state index contributed by atoms with van der Waals surface area (Å²) >= 11 is 0. The molecule has 2 aliphatic rings. The van der Waals surface area contributed by atoms with Crippen LogP contribution in [0.15, 0.2) is 42.5 Å². The standard InChI is InChI=1S/C25H30O12/c1-13(18(35-15(3)26)14(2)11-16-7-5-4-6-8-16)9-10-23-12-17(27)25(37-23,22(32)33)24(34,21(30)31)19(36-23)20(28)29/h4-8,14,17-19,27,34H,1,9-12H2,2-3H3,(H,28,29)(H,30,31)(H,32,33). The minimum absolute atomic E-state index is 0.0304. The topological polar surface area (TPSA) is 197 Å². The van der Waals surface area contributed by atoms with E-state index in [1.807, 2.05) is 37.3 Å². The van der Waals surface area contributed by atoms with E-state index in [1.165, 1.54) is 6.92 Å². The van der Waals surface area contributed by atoms with Gasteiger partial charge in [0, 0.05) is 25.7 Å². The van der Waals surface area contributed by atoms with Gasteiger partial charge in [0.15, 0.2) is 5.79 Å². The van der Waals surface area contributed by atoms with Crippen molar-refractivity contribution in [2.75, 3.05) is 0 Å².